The Morgan fingerprint density at radius 1 is 1.19 bits per heavy atom. The lowest BCUT2D eigenvalue weighted by atomic mass is 9.87. The van der Waals surface area contributed by atoms with E-state index in [-0.39, 0.29) is 5.41 Å². The summed E-state index contributed by atoms with van der Waals surface area (Å²) < 4.78 is 0. The highest BCUT2D eigenvalue weighted by Gasteiger charge is 2.24. The molecule has 0 saturated carbocycles. The van der Waals surface area contributed by atoms with Gasteiger partial charge in [0.2, 0.25) is 0 Å². The Morgan fingerprint density at radius 3 is 2.52 bits per heavy atom. The van der Waals surface area contributed by atoms with Crippen molar-refractivity contribution < 1.29 is 0 Å². The van der Waals surface area contributed by atoms with Crippen LogP contribution in [-0.2, 0) is 11.8 Å². The Labute approximate surface area is 131 Å². The minimum Gasteiger partial charge on any atom is -0.312 e. The van der Waals surface area contributed by atoms with Gasteiger partial charge >= 0.3 is 0 Å². The van der Waals surface area contributed by atoms with Gasteiger partial charge in [0.1, 0.15) is 5.01 Å². The molecule has 21 heavy (non-hydrogen) atoms. The second kappa shape index (κ2) is 5.54. The zero-order valence-corrected chi connectivity index (χ0v) is 14.2. The van der Waals surface area contributed by atoms with Crippen LogP contribution in [0.15, 0.2) is 24.3 Å². The second-order valence-corrected chi connectivity index (χ2v) is 7.97. The molecule has 0 saturated heterocycles. The van der Waals surface area contributed by atoms with E-state index < -0.39 is 0 Å². The van der Waals surface area contributed by atoms with E-state index >= 15 is 0 Å². The van der Waals surface area contributed by atoms with E-state index in [1.54, 1.807) is 0 Å². The summed E-state index contributed by atoms with van der Waals surface area (Å²) in [6.07, 6.45) is 3.66. The van der Waals surface area contributed by atoms with Crippen LogP contribution >= 0.6 is 11.3 Å². The fraction of sp³-hybridized carbons (Fsp3) is 0.500. The van der Waals surface area contributed by atoms with Gasteiger partial charge in [-0.15, -0.1) is 11.3 Å². The van der Waals surface area contributed by atoms with Gasteiger partial charge in [-0.2, -0.15) is 0 Å². The maximum atomic E-state index is 4.92. The van der Waals surface area contributed by atoms with Gasteiger partial charge in [-0.05, 0) is 37.3 Å². The van der Waals surface area contributed by atoms with Gasteiger partial charge in [-0.3, -0.25) is 0 Å². The highest BCUT2D eigenvalue weighted by molar-refractivity contribution is 7.15. The van der Waals surface area contributed by atoms with Gasteiger partial charge in [-0.25, -0.2) is 4.98 Å². The molecule has 2 nitrogen and oxygen atoms in total. The van der Waals surface area contributed by atoms with Crippen molar-refractivity contribution in [1.82, 2.24) is 10.3 Å². The standard InChI is InChI=1S/C18H24N2S/c1-18(2,3)13-10-8-12(9-11-13)17-20-16-14(19-4)6-5-7-15(16)21-17/h8-11,14,19H,5-7H2,1-4H3. The first-order chi connectivity index (χ1) is 9.99. The normalized spacial score (nSPS) is 18.6. The molecule has 1 aromatic carbocycles. The van der Waals surface area contributed by atoms with E-state index in [9.17, 15) is 0 Å². The fourth-order valence-corrected chi connectivity index (χ4v) is 4.11. The number of aromatic nitrogens is 1. The molecule has 0 bridgehead atoms. The molecular formula is C18H24N2S. The van der Waals surface area contributed by atoms with E-state index in [0.717, 1.165) is 0 Å². The Balaban J connectivity index is 1.93. The van der Waals surface area contributed by atoms with E-state index in [1.165, 1.54) is 46.0 Å². The summed E-state index contributed by atoms with van der Waals surface area (Å²) >= 11 is 1.87. The lowest BCUT2D eigenvalue weighted by molar-refractivity contribution is 0.490. The van der Waals surface area contributed by atoms with Crippen molar-refractivity contribution in [3.05, 3.63) is 40.4 Å². The highest BCUT2D eigenvalue weighted by Crippen LogP contribution is 2.37. The SMILES string of the molecule is CNC1CCCc2sc(-c3ccc(C(C)(C)C)cc3)nc21. The number of rotatable bonds is 2. The number of hydrogen-bond donors (Lipinski definition) is 1. The summed E-state index contributed by atoms with van der Waals surface area (Å²) in [5.41, 5.74) is 4.11. The van der Waals surface area contributed by atoms with Gasteiger partial charge in [0.05, 0.1) is 11.7 Å². The second-order valence-electron chi connectivity index (χ2n) is 6.89. The number of nitrogens with zero attached hydrogens (tertiary/aromatic N) is 1. The van der Waals surface area contributed by atoms with E-state index in [1.807, 2.05) is 18.4 Å². The number of aryl methyl sites for hydroxylation is 1. The number of benzene rings is 1. The Kier molecular flexibility index (Phi) is 3.89. The van der Waals surface area contributed by atoms with Crippen LogP contribution in [-0.4, -0.2) is 12.0 Å². The van der Waals surface area contributed by atoms with E-state index in [2.05, 4.69) is 50.4 Å². The molecule has 0 amide bonds. The largest absolute Gasteiger partial charge is 0.312 e. The summed E-state index contributed by atoms with van der Waals surface area (Å²) in [7, 11) is 2.04. The molecule has 3 rings (SSSR count). The molecule has 1 aliphatic carbocycles. The first-order valence-corrected chi connectivity index (χ1v) is 8.58. The number of fused-ring (bicyclic) bond motifs is 1. The summed E-state index contributed by atoms with van der Waals surface area (Å²) in [4.78, 5) is 6.39. The topological polar surface area (TPSA) is 24.9 Å². The fourth-order valence-electron chi connectivity index (χ4n) is 2.94. The minimum absolute atomic E-state index is 0.206. The van der Waals surface area contributed by atoms with Gasteiger partial charge in [-0.1, -0.05) is 45.0 Å². The van der Waals surface area contributed by atoms with Gasteiger partial charge in [0.25, 0.3) is 0 Å². The zero-order valence-electron chi connectivity index (χ0n) is 13.4. The number of thiazole rings is 1. The molecule has 1 aromatic heterocycles. The first kappa shape index (κ1) is 14.7. The third-order valence-electron chi connectivity index (χ3n) is 4.30. The Morgan fingerprint density at radius 2 is 1.90 bits per heavy atom. The van der Waals surface area contributed by atoms with Gasteiger partial charge in [0, 0.05) is 10.4 Å². The summed E-state index contributed by atoms with van der Waals surface area (Å²) in [5.74, 6) is 0. The summed E-state index contributed by atoms with van der Waals surface area (Å²) in [5, 5.41) is 4.57. The molecule has 2 aromatic rings. The van der Waals surface area contributed by atoms with Crippen LogP contribution in [0.25, 0.3) is 10.6 Å². The van der Waals surface area contributed by atoms with Crippen molar-refractivity contribution >= 4 is 11.3 Å². The summed E-state index contributed by atoms with van der Waals surface area (Å²) in [6.45, 7) is 6.75. The predicted octanol–water partition coefficient (Wildman–Crippen LogP) is 4.70. The molecular weight excluding hydrogens is 276 g/mol. The van der Waals surface area contributed by atoms with E-state index in [4.69, 9.17) is 4.98 Å². The average molecular weight is 300 g/mol. The molecule has 1 heterocycles. The van der Waals surface area contributed by atoms with Crippen LogP contribution in [0.4, 0.5) is 0 Å². The molecule has 0 spiro atoms. The van der Waals surface area contributed by atoms with Crippen molar-refractivity contribution in [2.45, 2.75) is 51.5 Å². The van der Waals surface area contributed by atoms with Gasteiger partial charge in [0.15, 0.2) is 0 Å². The molecule has 0 radical (unpaired) electrons. The van der Waals surface area contributed by atoms with Crippen molar-refractivity contribution in [2.24, 2.45) is 0 Å². The average Bonchev–Trinajstić information content (AvgIpc) is 2.90. The van der Waals surface area contributed by atoms with Crippen LogP contribution in [0, 0.1) is 0 Å². The van der Waals surface area contributed by atoms with Crippen LogP contribution in [0.5, 0.6) is 0 Å². The smallest absolute Gasteiger partial charge is 0.123 e. The molecule has 1 aliphatic rings. The van der Waals surface area contributed by atoms with Crippen LogP contribution in [0.2, 0.25) is 0 Å². The Hall–Kier alpha value is -1.19. The highest BCUT2D eigenvalue weighted by atomic mass is 32.1. The molecule has 1 N–H and O–H groups in total. The molecule has 3 heteroatoms. The van der Waals surface area contributed by atoms with Crippen molar-refractivity contribution in [2.75, 3.05) is 7.05 Å². The van der Waals surface area contributed by atoms with Crippen molar-refractivity contribution in [1.29, 1.82) is 0 Å². The van der Waals surface area contributed by atoms with Crippen LogP contribution in [0.3, 0.4) is 0 Å². The maximum Gasteiger partial charge on any atom is 0.123 e. The van der Waals surface area contributed by atoms with Crippen LogP contribution < -0.4 is 5.32 Å². The molecule has 0 aliphatic heterocycles. The third-order valence-corrected chi connectivity index (χ3v) is 5.48. The van der Waals surface area contributed by atoms with Crippen LogP contribution in [0.1, 0.15) is 55.8 Å². The molecule has 1 atom stereocenters. The number of nitrogens with one attached hydrogen (secondary N) is 1. The quantitative estimate of drug-likeness (QED) is 0.869. The lowest BCUT2D eigenvalue weighted by Gasteiger charge is -2.19. The molecule has 0 fully saturated rings. The predicted molar refractivity (Wildman–Crippen MR) is 91.0 cm³/mol. The van der Waals surface area contributed by atoms with Gasteiger partial charge < -0.3 is 5.32 Å². The van der Waals surface area contributed by atoms with Crippen molar-refractivity contribution in [3.8, 4) is 10.6 Å². The van der Waals surface area contributed by atoms with E-state index in [0.29, 0.717) is 6.04 Å². The summed E-state index contributed by atoms with van der Waals surface area (Å²) in [6, 6.07) is 9.36. The molecule has 1 unspecified atom stereocenters. The number of hydrogen-bond acceptors (Lipinski definition) is 3. The Bertz CT molecular complexity index is 620. The zero-order chi connectivity index (χ0) is 15.0. The molecule has 112 valence electrons. The van der Waals surface area contributed by atoms with Crippen molar-refractivity contribution in [3.63, 3.8) is 0 Å². The lowest BCUT2D eigenvalue weighted by Crippen LogP contribution is -2.21. The first-order valence-electron chi connectivity index (χ1n) is 7.77. The minimum atomic E-state index is 0.206. The monoisotopic (exact) mass is 300 g/mol. The third kappa shape index (κ3) is 2.90. The maximum absolute atomic E-state index is 4.92.